The number of amides is 1. The van der Waals surface area contributed by atoms with Gasteiger partial charge in [-0.25, -0.2) is 18.0 Å². The highest BCUT2D eigenvalue weighted by molar-refractivity contribution is 5.90. The Morgan fingerprint density at radius 1 is 0.833 bits per heavy atom. The molecule has 1 spiro atoms. The van der Waals surface area contributed by atoms with Gasteiger partial charge in [-0.3, -0.25) is 9.80 Å². The van der Waals surface area contributed by atoms with E-state index in [9.17, 15) is 18.0 Å². The zero-order valence-corrected chi connectivity index (χ0v) is 19.9. The normalized spacial score (nSPS) is 19.1. The Kier molecular flexibility index (Phi) is 5.75. The summed E-state index contributed by atoms with van der Waals surface area (Å²) in [7, 11) is 0. The summed E-state index contributed by atoms with van der Waals surface area (Å²) in [6, 6.07) is 15.2. The Bertz CT molecular complexity index is 1320. The number of nitrogens with zero attached hydrogens (tertiary/aromatic N) is 2. The van der Waals surface area contributed by atoms with Crippen molar-refractivity contribution in [2.24, 2.45) is 0 Å². The number of ether oxygens (including phenoxy) is 1. The molecule has 0 bridgehead atoms. The topological polar surface area (TPSA) is 32.8 Å². The van der Waals surface area contributed by atoms with Crippen LogP contribution in [0, 0.1) is 17.5 Å². The van der Waals surface area contributed by atoms with Crippen LogP contribution in [-0.4, -0.2) is 36.2 Å². The van der Waals surface area contributed by atoms with Gasteiger partial charge >= 0.3 is 6.09 Å². The van der Waals surface area contributed by atoms with Crippen molar-refractivity contribution in [2.75, 3.05) is 24.5 Å². The van der Waals surface area contributed by atoms with Crippen LogP contribution in [0.25, 0.3) is 11.1 Å². The van der Waals surface area contributed by atoms with Gasteiger partial charge < -0.3 is 4.74 Å². The number of likely N-dealkylation sites (tertiary alicyclic amines) is 1. The lowest BCUT2D eigenvalue weighted by molar-refractivity contribution is -0.000940. The number of aryl methyl sites for hydroxylation is 2. The molecule has 186 valence electrons. The number of para-hydroxylation sites is 1. The third-order valence-corrected chi connectivity index (χ3v) is 7.82. The minimum Gasteiger partial charge on any atom is -0.441 e. The van der Waals surface area contributed by atoms with E-state index in [2.05, 4.69) is 11.0 Å². The maximum atomic E-state index is 14.8. The van der Waals surface area contributed by atoms with Crippen molar-refractivity contribution in [1.29, 1.82) is 0 Å². The summed E-state index contributed by atoms with van der Waals surface area (Å²) in [6.45, 7) is 2.51. The highest BCUT2D eigenvalue weighted by Crippen LogP contribution is 2.38. The molecule has 6 rings (SSSR count). The van der Waals surface area contributed by atoms with Gasteiger partial charge in [0, 0.05) is 49.8 Å². The van der Waals surface area contributed by atoms with Crippen LogP contribution in [0.1, 0.15) is 36.0 Å². The van der Waals surface area contributed by atoms with Crippen molar-refractivity contribution in [3.63, 3.8) is 0 Å². The van der Waals surface area contributed by atoms with Gasteiger partial charge in [-0.1, -0.05) is 30.3 Å². The maximum absolute atomic E-state index is 14.8. The van der Waals surface area contributed by atoms with E-state index in [4.69, 9.17) is 4.74 Å². The summed E-state index contributed by atoms with van der Waals surface area (Å²) in [6.07, 6.45) is 3.99. The zero-order chi connectivity index (χ0) is 24.9. The smallest absolute Gasteiger partial charge is 0.415 e. The van der Waals surface area contributed by atoms with Crippen LogP contribution < -0.4 is 4.90 Å². The van der Waals surface area contributed by atoms with Gasteiger partial charge in [0.15, 0.2) is 11.6 Å². The number of piperidine rings is 1. The molecular formula is C29H27F3N2O2. The molecule has 0 N–H and O–H groups in total. The monoisotopic (exact) mass is 492 g/mol. The van der Waals surface area contributed by atoms with Crippen molar-refractivity contribution in [1.82, 2.24) is 4.90 Å². The molecule has 0 atom stereocenters. The first-order chi connectivity index (χ1) is 17.4. The van der Waals surface area contributed by atoms with Crippen molar-refractivity contribution in [3.05, 3.63) is 88.7 Å². The third-order valence-electron chi connectivity index (χ3n) is 7.82. The minimum atomic E-state index is -1.18. The van der Waals surface area contributed by atoms with Crippen LogP contribution in [0.4, 0.5) is 23.7 Å². The predicted octanol–water partition coefficient (Wildman–Crippen LogP) is 6.25. The number of carbonyl (C=O) groups is 1. The average molecular weight is 493 g/mol. The molecule has 0 radical (unpaired) electrons. The number of anilines is 1. The number of rotatable bonds is 4. The van der Waals surface area contributed by atoms with Crippen LogP contribution in [0.3, 0.4) is 0 Å². The van der Waals surface area contributed by atoms with E-state index in [1.807, 2.05) is 36.4 Å². The lowest BCUT2D eigenvalue weighted by Crippen LogP contribution is -2.46. The van der Waals surface area contributed by atoms with E-state index >= 15 is 0 Å². The van der Waals surface area contributed by atoms with E-state index in [0.29, 0.717) is 50.7 Å². The van der Waals surface area contributed by atoms with Gasteiger partial charge in [-0.05, 0) is 59.7 Å². The zero-order valence-electron chi connectivity index (χ0n) is 19.9. The van der Waals surface area contributed by atoms with E-state index in [1.165, 1.54) is 5.56 Å². The standard InChI is InChI=1S/C29H27F3N2O2/c30-25-16-27(32)26(31)15-24(25)23-14-20-6-4-5-19(20)13-21(23)17-33-11-9-29(10-12-33)18-34(28(35)36-29)22-7-2-1-3-8-22/h1-3,7-8,13-16H,4-6,9-12,17-18H2. The fourth-order valence-corrected chi connectivity index (χ4v) is 5.84. The number of fused-ring (bicyclic) bond motifs is 1. The SMILES string of the molecule is O=C1OC2(CCN(Cc3cc4c(cc3-c3cc(F)c(F)cc3F)CCC4)CC2)CN1c1ccccc1. The van der Waals surface area contributed by atoms with Crippen LogP contribution >= 0.6 is 0 Å². The maximum Gasteiger partial charge on any atom is 0.415 e. The van der Waals surface area contributed by atoms with E-state index < -0.39 is 23.1 Å². The van der Waals surface area contributed by atoms with Gasteiger partial charge in [0.05, 0.1) is 6.54 Å². The van der Waals surface area contributed by atoms with Crippen molar-refractivity contribution >= 4 is 11.8 Å². The molecule has 2 aliphatic heterocycles. The lowest BCUT2D eigenvalue weighted by Gasteiger charge is -2.37. The number of hydrogen-bond acceptors (Lipinski definition) is 3. The van der Waals surface area contributed by atoms with Gasteiger partial charge in [0.1, 0.15) is 11.4 Å². The van der Waals surface area contributed by atoms with Crippen LogP contribution in [0.2, 0.25) is 0 Å². The average Bonchev–Trinajstić information content (AvgIpc) is 3.46. The summed E-state index contributed by atoms with van der Waals surface area (Å²) < 4.78 is 48.3. The molecule has 7 heteroatoms. The second-order valence-electron chi connectivity index (χ2n) is 10.1. The predicted molar refractivity (Wildman–Crippen MR) is 131 cm³/mol. The van der Waals surface area contributed by atoms with Crippen molar-refractivity contribution in [3.8, 4) is 11.1 Å². The number of halogens is 3. The highest BCUT2D eigenvalue weighted by Gasteiger charge is 2.47. The Labute approximate surface area is 208 Å². The van der Waals surface area contributed by atoms with E-state index in [-0.39, 0.29) is 11.7 Å². The van der Waals surface area contributed by atoms with Crippen molar-refractivity contribution in [2.45, 2.75) is 44.2 Å². The Balaban J connectivity index is 1.22. The van der Waals surface area contributed by atoms with E-state index in [0.717, 1.165) is 42.1 Å². The molecule has 1 aliphatic carbocycles. The first kappa shape index (κ1) is 23.1. The molecule has 0 unspecified atom stereocenters. The van der Waals surface area contributed by atoms with Gasteiger partial charge in [0.25, 0.3) is 0 Å². The molecule has 3 aliphatic rings. The van der Waals surface area contributed by atoms with Crippen LogP contribution in [0.15, 0.2) is 54.6 Å². The Hall–Kier alpha value is -3.32. The molecule has 3 aromatic rings. The molecule has 0 aromatic heterocycles. The van der Waals surface area contributed by atoms with Crippen LogP contribution in [0.5, 0.6) is 0 Å². The van der Waals surface area contributed by atoms with Crippen LogP contribution in [-0.2, 0) is 24.1 Å². The number of carbonyl (C=O) groups excluding carboxylic acids is 1. The second-order valence-corrected chi connectivity index (χ2v) is 10.1. The molecule has 36 heavy (non-hydrogen) atoms. The van der Waals surface area contributed by atoms with E-state index in [1.54, 1.807) is 4.90 Å². The number of benzene rings is 3. The lowest BCUT2D eigenvalue weighted by atomic mass is 9.89. The summed E-state index contributed by atoms with van der Waals surface area (Å²) in [5.74, 6) is -3.00. The first-order valence-electron chi connectivity index (χ1n) is 12.5. The molecular weight excluding hydrogens is 465 g/mol. The van der Waals surface area contributed by atoms with Gasteiger partial charge in [-0.15, -0.1) is 0 Å². The van der Waals surface area contributed by atoms with Gasteiger partial charge in [0.2, 0.25) is 0 Å². The summed E-state index contributed by atoms with van der Waals surface area (Å²) in [4.78, 5) is 16.6. The molecule has 4 nitrogen and oxygen atoms in total. The fourth-order valence-electron chi connectivity index (χ4n) is 5.84. The molecule has 3 aromatic carbocycles. The third kappa shape index (κ3) is 4.15. The Morgan fingerprint density at radius 2 is 1.53 bits per heavy atom. The molecule has 2 saturated heterocycles. The van der Waals surface area contributed by atoms with Crippen molar-refractivity contribution < 1.29 is 22.7 Å². The Morgan fingerprint density at radius 3 is 2.28 bits per heavy atom. The summed E-state index contributed by atoms with van der Waals surface area (Å²) in [5, 5.41) is 0. The molecule has 2 heterocycles. The number of hydrogen-bond donors (Lipinski definition) is 0. The second kappa shape index (κ2) is 8.96. The summed E-state index contributed by atoms with van der Waals surface area (Å²) >= 11 is 0. The first-order valence-corrected chi connectivity index (χ1v) is 12.5. The molecule has 1 amide bonds. The molecule has 0 saturated carbocycles. The largest absolute Gasteiger partial charge is 0.441 e. The molecule has 2 fully saturated rings. The quantitative estimate of drug-likeness (QED) is 0.404. The minimum absolute atomic E-state index is 0.0929. The summed E-state index contributed by atoms with van der Waals surface area (Å²) in [5.41, 5.74) is 4.33. The van der Waals surface area contributed by atoms with Gasteiger partial charge in [-0.2, -0.15) is 0 Å². The highest BCUT2D eigenvalue weighted by atomic mass is 19.2. The fraction of sp³-hybridized carbons (Fsp3) is 0.345.